The summed E-state index contributed by atoms with van der Waals surface area (Å²) in [5, 5.41) is 3.19. The molecule has 0 saturated heterocycles. The normalized spacial score (nSPS) is 14.3. The van der Waals surface area contributed by atoms with E-state index < -0.39 is 8.07 Å². The average Bonchev–Trinajstić information content (AvgIpc) is 2.89. The van der Waals surface area contributed by atoms with E-state index in [0.717, 1.165) is 6.42 Å². The van der Waals surface area contributed by atoms with Crippen LogP contribution in [0.2, 0.25) is 12.6 Å². The SMILES string of the molecule is CCCC[Si](C)(C1=[C-]CC=C1)c1c(C)cc(C)cc1C.[Cl-].[Cl-].[Cl-].[Ti+4]. The van der Waals surface area contributed by atoms with Crippen LogP contribution in [0.5, 0.6) is 0 Å². The van der Waals surface area contributed by atoms with Crippen molar-refractivity contribution in [2.45, 2.75) is 59.5 Å². The molecule has 0 amide bonds. The molecule has 1 aliphatic carbocycles. The Morgan fingerprint density at radius 3 is 2.00 bits per heavy atom. The molecule has 0 bridgehead atoms. The zero-order valence-corrected chi connectivity index (χ0v) is 20.1. The van der Waals surface area contributed by atoms with Gasteiger partial charge in [0.2, 0.25) is 0 Å². The average molecular weight is 438 g/mol. The first-order valence-electron chi connectivity index (χ1n) is 7.85. The van der Waals surface area contributed by atoms with Gasteiger partial charge in [0.15, 0.2) is 0 Å². The molecule has 0 spiro atoms. The Bertz CT molecular complexity index is 547. The fourth-order valence-corrected chi connectivity index (χ4v) is 8.47. The maximum atomic E-state index is 3.64. The maximum Gasteiger partial charge on any atom is 4.00 e. The number of hydrogen-bond acceptors (Lipinski definition) is 0. The molecule has 1 aliphatic rings. The second-order valence-corrected chi connectivity index (χ2v) is 10.6. The topological polar surface area (TPSA) is 0 Å². The molecule has 5 heteroatoms. The Hall–Kier alpha value is 0.501. The molecule has 1 unspecified atom stereocenters. The fraction of sp³-hybridized carbons (Fsp3) is 0.474. The summed E-state index contributed by atoms with van der Waals surface area (Å²) in [4.78, 5) is 0. The third-order valence-corrected chi connectivity index (χ3v) is 9.33. The van der Waals surface area contributed by atoms with Crippen LogP contribution in [0.4, 0.5) is 0 Å². The first-order chi connectivity index (χ1) is 9.49. The van der Waals surface area contributed by atoms with Crippen molar-refractivity contribution in [3.63, 3.8) is 0 Å². The number of hydrogen-bond donors (Lipinski definition) is 0. The van der Waals surface area contributed by atoms with Crippen LogP contribution in [-0.4, -0.2) is 8.07 Å². The van der Waals surface area contributed by atoms with E-state index in [1.54, 1.807) is 5.19 Å². The van der Waals surface area contributed by atoms with Crippen molar-refractivity contribution in [1.29, 1.82) is 0 Å². The van der Waals surface area contributed by atoms with Gasteiger partial charge in [-0.2, -0.15) is 6.08 Å². The van der Waals surface area contributed by atoms with Crippen molar-refractivity contribution in [1.82, 2.24) is 0 Å². The van der Waals surface area contributed by atoms with Crippen LogP contribution in [-0.2, 0) is 21.7 Å². The minimum absolute atomic E-state index is 0. The van der Waals surface area contributed by atoms with Gasteiger partial charge in [-0.3, -0.25) is 6.08 Å². The molecular formula is C19H27Cl3SiTi. The van der Waals surface area contributed by atoms with Crippen molar-refractivity contribution < 1.29 is 58.9 Å². The molecular weight excluding hydrogens is 411 g/mol. The summed E-state index contributed by atoms with van der Waals surface area (Å²) in [6.07, 6.45) is 11.9. The standard InChI is InChI=1S/C19H27Si.3ClH.Ti/c1-6-7-12-20(5,18-10-8-9-11-18)19-16(3)13-15(2)14-17(19)4;;;;/h8,10,13-14H,6-7,9,12H2,1-5H3;3*1H;/q-1;;;;+4/p-3. The summed E-state index contributed by atoms with van der Waals surface area (Å²) >= 11 is 0. The second kappa shape index (κ2) is 12.8. The maximum absolute atomic E-state index is 3.64. The molecule has 2 rings (SSSR count). The van der Waals surface area contributed by atoms with Crippen LogP contribution in [0.1, 0.15) is 42.9 Å². The van der Waals surface area contributed by atoms with E-state index >= 15 is 0 Å². The summed E-state index contributed by atoms with van der Waals surface area (Å²) in [7, 11) is -1.61. The zero-order chi connectivity index (χ0) is 14.8. The quantitative estimate of drug-likeness (QED) is 0.325. The molecule has 0 aliphatic heterocycles. The molecule has 0 fully saturated rings. The molecule has 1 aromatic carbocycles. The molecule has 0 aromatic heterocycles. The van der Waals surface area contributed by atoms with E-state index in [9.17, 15) is 0 Å². The van der Waals surface area contributed by atoms with Crippen LogP contribution >= 0.6 is 0 Å². The number of rotatable bonds is 5. The Morgan fingerprint density at radius 1 is 1.04 bits per heavy atom. The van der Waals surface area contributed by atoms with Gasteiger partial charge in [-0.25, -0.2) is 11.3 Å². The molecule has 0 saturated carbocycles. The number of allylic oxidation sites excluding steroid dienone is 4. The predicted molar refractivity (Wildman–Crippen MR) is 92.1 cm³/mol. The summed E-state index contributed by atoms with van der Waals surface area (Å²) in [5.74, 6) is 0. The van der Waals surface area contributed by atoms with Crippen molar-refractivity contribution in [2.75, 3.05) is 0 Å². The third-order valence-electron chi connectivity index (χ3n) is 4.55. The Kier molecular flexibility index (Phi) is 15.6. The molecule has 24 heavy (non-hydrogen) atoms. The van der Waals surface area contributed by atoms with Crippen LogP contribution in [0, 0.1) is 26.8 Å². The second-order valence-electron chi connectivity index (χ2n) is 6.41. The minimum Gasteiger partial charge on any atom is -1.00 e. The molecule has 1 atom stereocenters. The Balaban J connectivity index is -0.00000110. The number of halogens is 3. The van der Waals surface area contributed by atoms with Gasteiger partial charge in [0.1, 0.15) is 0 Å². The van der Waals surface area contributed by atoms with Crippen molar-refractivity contribution in [2.24, 2.45) is 0 Å². The molecule has 0 radical (unpaired) electrons. The first kappa shape index (κ1) is 29.3. The van der Waals surface area contributed by atoms with E-state index in [4.69, 9.17) is 0 Å². The monoisotopic (exact) mass is 436 g/mol. The van der Waals surface area contributed by atoms with Gasteiger partial charge in [0.25, 0.3) is 0 Å². The largest absolute Gasteiger partial charge is 4.00 e. The van der Waals surface area contributed by atoms with Crippen LogP contribution < -0.4 is 42.4 Å². The van der Waals surface area contributed by atoms with Gasteiger partial charge in [-0.15, -0.1) is 6.42 Å². The van der Waals surface area contributed by atoms with Crippen LogP contribution in [0.3, 0.4) is 0 Å². The summed E-state index contributed by atoms with van der Waals surface area (Å²) < 4.78 is 0. The van der Waals surface area contributed by atoms with E-state index in [1.807, 2.05) is 0 Å². The van der Waals surface area contributed by atoms with Gasteiger partial charge in [0, 0.05) is 0 Å². The van der Waals surface area contributed by atoms with Crippen LogP contribution in [0.25, 0.3) is 0 Å². The smallest absolute Gasteiger partial charge is 1.00 e. The van der Waals surface area contributed by atoms with Gasteiger partial charge in [-0.1, -0.05) is 66.4 Å². The molecule has 0 N–H and O–H groups in total. The van der Waals surface area contributed by atoms with Crippen LogP contribution in [0.15, 0.2) is 29.5 Å². The summed E-state index contributed by atoms with van der Waals surface area (Å²) in [6.45, 7) is 11.6. The van der Waals surface area contributed by atoms with E-state index in [-0.39, 0.29) is 58.9 Å². The van der Waals surface area contributed by atoms with Gasteiger partial charge >= 0.3 is 21.7 Å². The Labute approximate surface area is 183 Å². The molecule has 132 valence electrons. The van der Waals surface area contributed by atoms with Crippen molar-refractivity contribution in [3.05, 3.63) is 52.2 Å². The van der Waals surface area contributed by atoms with E-state index in [2.05, 4.69) is 64.6 Å². The number of benzene rings is 1. The first-order valence-corrected chi connectivity index (χ1v) is 10.6. The third kappa shape index (κ3) is 6.34. The van der Waals surface area contributed by atoms with Crippen molar-refractivity contribution >= 4 is 13.3 Å². The molecule has 0 nitrogen and oxygen atoms in total. The van der Waals surface area contributed by atoms with Gasteiger partial charge in [0.05, 0.1) is 8.07 Å². The zero-order valence-electron chi connectivity index (χ0n) is 15.3. The predicted octanol–water partition coefficient (Wildman–Crippen LogP) is -4.06. The Morgan fingerprint density at radius 2 is 1.58 bits per heavy atom. The number of aryl methyl sites for hydroxylation is 3. The summed E-state index contributed by atoms with van der Waals surface area (Å²) in [6, 6.07) is 6.07. The number of unbranched alkanes of at least 4 members (excludes halogenated alkanes) is 1. The molecule has 0 heterocycles. The van der Waals surface area contributed by atoms with Gasteiger partial charge < -0.3 is 37.2 Å². The van der Waals surface area contributed by atoms with Crippen molar-refractivity contribution in [3.8, 4) is 0 Å². The summed E-state index contributed by atoms with van der Waals surface area (Å²) in [5.41, 5.74) is 4.36. The molecule has 1 aromatic rings. The van der Waals surface area contributed by atoms with E-state index in [0.29, 0.717) is 0 Å². The van der Waals surface area contributed by atoms with E-state index in [1.165, 1.54) is 40.8 Å². The fourth-order valence-electron chi connectivity index (χ4n) is 3.76. The minimum atomic E-state index is -1.61. The van der Waals surface area contributed by atoms with Gasteiger partial charge in [-0.05, 0) is 20.8 Å².